The van der Waals surface area contributed by atoms with E-state index in [1.54, 1.807) is 0 Å². The van der Waals surface area contributed by atoms with Crippen molar-refractivity contribution in [1.29, 1.82) is 0 Å². The molecule has 1 aliphatic heterocycles. The summed E-state index contributed by atoms with van der Waals surface area (Å²) in [7, 11) is 1.39. The Balaban J connectivity index is 1.92. The fourth-order valence-electron chi connectivity index (χ4n) is 3.72. The van der Waals surface area contributed by atoms with Crippen LogP contribution in [0, 0.1) is 0 Å². The van der Waals surface area contributed by atoms with E-state index in [0.29, 0.717) is 0 Å². The van der Waals surface area contributed by atoms with E-state index < -0.39 is 11.2 Å². The SMILES string of the molecule is Cn1c(=O)c(C(=O)CN2CCCCCCC2)c(N)n(Cc2ccccc2)c1=O. The number of likely N-dealkylation sites (tertiary alicyclic amines) is 1. The summed E-state index contributed by atoms with van der Waals surface area (Å²) in [4.78, 5) is 40.3. The maximum absolute atomic E-state index is 13.0. The highest BCUT2D eigenvalue weighted by Gasteiger charge is 2.23. The molecule has 1 aromatic carbocycles. The number of hydrogen-bond acceptors (Lipinski definition) is 5. The molecule has 28 heavy (non-hydrogen) atoms. The number of hydrogen-bond donors (Lipinski definition) is 1. The van der Waals surface area contributed by atoms with Crippen molar-refractivity contribution in [3.8, 4) is 0 Å². The number of carbonyl (C=O) groups excluding carboxylic acids is 1. The summed E-state index contributed by atoms with van der Waals surface area (Å²) >= 11 is 0. The third kappa shape index (κ3) is 4.42. The molecule has 1 aromatic heterocycles. The minimum Gasteiger partial charge on any atom is -0.384 e. The molecule has 0 unspecified atom stereocenters. The van der Waals surface area contributed by atoms with Crippen LogP contribution in [0.5, 0.6) is 0 Å². The van der Waals surface area contributed by atoms with Gasteiger partial charge in [-0.05, 0) is 31.5 Å². The van der Waals surface area contributed by atoms with Gasteiger partial charge in [-0.2, -0.15) is 0 Å². The minimum atomic E-state index is -0.621. The Morgan fingerprint density at radius 3 is 2.25 bits per heavy atom. The van der Waals surface area contributed by atoms with Gasteiger partial charge in [-0.25, -0.2) is 4.79 Å². The Labute approximate surface area is 164 Å². The second-order valence-corrected chi connectivity index (χ2v) is 7.45. The van der Waals surface area contributed by atoms with Gasteiger partial charge in [0.15, 0.2) is 5.78 Å². The summed E-state index contributed by atoms with van der Waals surface area (Å²) in [6.45, 7) is 2.05. The van der Waals surface area contributed by atoms with Gasteiger partial charge in [0.2, 0.25) is 0 Å². The van der Waals surface area contributed by atoms with Crippen LogP contribution in [-0.2, 0) is 13.6 Å². The van der Waals surface area contributed by atoms with Crippen LogP contribution in [-0.4, -0.2) is 39.5 Å². The number of benzene rings is 1. The predicted molar refractivity (Wildman–Crippen MR) is 110 cm³/mol. The molecule has 1 fully saturated rings. The number of nitrogens with zero attached hydrogens (tertiary/aromatic N) is 3. The number of nitrogens with two attached hydrogens (primary N) is 1. The van der Waals surface area contributed by atoms with E-state index in [1.807, 2.05) is 30.3 Å². The lowest BCUT2D eigenvalue weighted by molar-refractivity contribution is 0.0922. The Hall–Kier alpha value is -2.67. The van der Waals surface area contributed by atoms with Crippen molar-refractivity contribution >= 4 is 11.6 Å². The molecule has 1 aliphatic rings. The van der Waals surface area contributed by atoms with Gasteiger partial charge in [0.25, 0.3) is 5.56 Å². The van der Waals surface area contributed by atoms with Crippen LogP contribution in [0.25, 0.3) is 0 Å². The fraction of sp³-hybridized carbons (Fsp3) is 0.476. The van der Waals surface area contributed by atoms with Gasteiger partial charge in [-0.3, -0.25) is 23.6 Å². The van der Waals surface area contributed by atoms with Crippen molar-refractivity contribution in [2.75, 3.05) is 25.4 Å². The third-order valence-electron chi connectivity index (χ3n) is 5.36. The fourth-order valence-corrected chi connectivity index (χ4v) is 3.72. The second-order valence-electron chi connectivity index (χ2n) is 7.45. The largest absolute Gasteiger partial charge is 0.384 e. The Morgan fingerprint density at radius 2 is 1.61 bits per heavy atom. The van der Waals surface area contributed by atoms with Crippen LogP contribution in [0.4, 0.5) is 5.82 Å². The molecule has 0 spiro atoms. The third-order valence-corrected chi connectivity index (χ3v) is 5.36. The van der Waals surface area contributed by atoms with Crippen LogP contribution in [0.15, 0.2) is 39.9 Å². The van der Waals surface area contributed by atoms with Crippen molar-refractivity contribution in [2.24, 2.45) is 7.05 Å². The van der Waals surface area contributed by atoms with E-state index in [1.165, 1.54) is 18.0 Å². The average molecular weight is 384 g/mol. The normalized spacial score (nSPS) is 15.8. The zero-order valence-corrected chi connectivity index (χ0v) is 16.4. The summed E-state index contributed by atoms with van der Waals surface area (Å²) < 4.78 is 2.28. The molecule has 2 heterocycles. The molecule has 3 rings (SSSR count). The maximum atomic E-state index is 13.0. The van der Waals surface area contributed by atoms with Crippen molar-refractivity contribution < 1.29 is 4.79 Å². The first-order chi connectivity index (χ1) is 13.5. The lowest BCUT2D eigenvalue weighted by Crippen LogP contribution is -2.44. The number of aromatic nitrogens is 2. The van der Waals surface area contributed by atoms with E-state index in [2.05, 4.69) is 4.90 Å². The predicted octanol–water partition coefficient (Wildman–Crippen LogP) is 1.63. The lowest BCUT2D eigenvalue weighted by Gasteiger charge is -2.24. The second kappa shape index (κ2) is 9.01. The van der Waals surface area contributed by atoms with Crippen molar-refractivity contribution in [1.82, 2.24) is 14.0 Å². The zero-order valence-electron chi connectivity index (χ0n) is 16.4. The number of Topliss-reactive ketones (excluding diaryl/α,β-unsaturated/α-hetero) is 1. The smallest absolute Gasteiger partial charge is 0.332 e. The van der Waals surface area contributed by atoms with Crippen LogP contribution in [0.2, 0.25) is 0 Å². The quantitative estimate of drug-likeness (QED) is 0.791. The Kier molecular flexibility index (Phi) is 6.46. The number of nitrogen functional groups attached to an aromatic ring is 1. The molecule has 0 bridgehead atoms. The standard InChI is InChI=1S/C21H28N4O3/c1-23-20(27)18(17(26)15-24-12-8-3-2-4-9-13-24)19(22)25(21(23)28)14-16-10-6-5-7-11-16/h5-7,10-11H,2-4,8-9,12-15,22H2,1H3. The first-order valence-corrected chi connectivity index (χ1v) is 9.88. The van der Waals surface area contributed by atoms with Crippen LogP contribution < -0.4 is 17.0 Å². The van der Waals surface area contributed by atoms with Gasteiger partial charge in [0.05, 0.1) is 13.1 Å². The summed E-state index contributed by atoms with van der Waals surface area (Å²) in [5.74, 6) is -0.366. The highest BCUT2D eigenvalue weighted by molar-refractivity contribution is 6.01. The Morgan fingerprint density at radius 1 is 1.00 bits per heavy atom. The number of anilines is 1. The number of rotatable bonds is 5. The zero-order chi connectivity index (χ0) is 20.1. The van der Waals surface area contributed by atoms with Gasteiger partial charge in [0, 0.05) is 7.05 Å². The molecular weight excluding hydrogens is 356 g/mol. The molecule has 7 heteroatoms. The van der Waals surface area contributed by atoms with Gasteiger partial charge < -0.3 is 5.73 Å². The molecule has 0 saturated carbocycles. The van der Waals surface area contributed by atoms with Crippen molar-refractivity contribution in [3.05, 3.63) is 62.3 Å². The molecule has 0 aliphatic carbocycles. The first-order valence-electron chi connectivity index (χ1n) is 9.88. The molecule has 0 atom stereocenters. The van der Waals surface area contributed by atoms with E-state index in [4.69, 9.17) is 5.73 Å². The lowest BCUT2D eigenvalue weighted by atomic mass is 10.1. The molecule has 150 valence electrons. The molecule has 1 saturated heterocycles. The number of ketones is 1. The van der Waals surface area contributed by atoms with E-state index in [-0.39, 0.29) is 30.3 Å². The summed E-state index contributed by atoms with van der Waals surface area (Å²) in [6, 6.07) is 9.37. The highest BCUT2D eigenvalue weighted by atomic mass is 16.2. The van der Waals surface area contributed by atoms with E-state index >= 15 is 0 Å². The minimum absolute atomic E-state index is 0.0472. The van der Waals surface area contributed by atoms with Gasteiger partial charge in [-0.15, -0.1) is 0 Å². The molecule has 7 nitrogen and oxygen atoms in total. The summed E-state index contributed by atoms with van der Waals surface area (Å²) in [6.07, 6.45) is 5.66. The van der Waals surface area contributed by atoms with E-state index in [9.17, 15) is 14.4 Å². The van der Waals surface area contributed by atoms with Crippen LogP contribution in [0.3, 0.4) is 0 Å². The molecular formula is C21H28N4O3. The highest BCUT2D eigenvalue weighted by Crippen LogP contribution is 2.13. The molecule has 2 aromatic rings. The summed E-state index contributed by atoms with van der Waals surface area (Å²) in [5, 5.41) is 0. The number of carbonyl (C=O) groups is 1. The Bertz CT molecular complexity index is 939. The topological polar surface area (TPSA) is 90.3 Å². The van der Waals surface area contributed by atoms with E-state index in [0.717, 1.165) is 48.9 Å². The van der Waals surface area contributed by atoms with Crippen molar-refractivity contribution in [3.63, 3.8) is 0 Å². The average Bonchev–Trinajstić information content (AvgIpc) is 2.66. The van der Waals surface area contributed by atoms with Crippen LogP contribution in [0.1, 0.15) is 48.0 Å². The maximum Gasteiger partial charge on any atom is 0.332 e. The molecule has 0 radical (unpaired) electrons. The van der Waals surface area contributed by atoms with Crippen LogP contribution >= 0.6 is 0 Å². The van der Waals surface area contributed by atoms with Crippen molar-refractivity contribution in [2.45, 2.75) is 38.6 Å². The summed E-state index contributed by atoms with van der Waals surface area (Å²) in [5.41, 5.74) is 5.82. The van der Waals surface area contributed by atoms with Gasteiger partial charge in [0.1, 0.15) is 11.4 Å². The first kappa shape index (κ1) is 20.1. The molecule has 2 N–H and O–H groups in total. The van der Waals surface area contributed by atoms with Gasteiger partial charge >= 0.3 is 5.69 Å². The monoisotopic (exact) mass is 384 g/mol. The molecule has 0 amide bonds. The van der Waals surface area contributed by atoms with Gasteiger partial charge in [-0.1, -0.05) is 49.6 Å².